The van der Waals surface area contributed by atoms with Gasteiger partial charge in [0.25, 0.3) is 5.91 Å². The lowest BCUT2D eigenvalue weighted by molar-refractivity contribution is -0.110. The molecular formula is C18H18N2O2. The second-order valence-electron chi connectivity index (χ2n) is 5.07. The molecule has 3 N–H and O–H groups in total. The van der Waals surface area contributed by atoms with Gasteiger partial charge < -0.3 is 15.8 Å². The zero-order chi connectivity index (χ0) is 15.5. The monoisotopic (exact) mass is 294 g/mol. The van der Waals surface area contributed by atoms with Crippen LogP contribution in [0.1, 0.15) is 23.6 Å². The number of nitrogens with two attached hydrogens (primary N) is 1. The average Bonchev–Trinajstić information content (AvgIpc) is 2.84. The molecule has 4 heteroatoms. The van der Waals surface area contributed by atoms with Crippen molar-refractivity contribution in [2.24, 2.45) is 5.73 Å². The number of fused-ring (bicyclic) bond motifs is 1. The molecule has 4 nitrogen and oxygen atoms in total. The number of benzene rings is 2. The molecule has 1 amide bonds. The van der Waals surface area contributed by atoms with Crippen LogP contribution in [0.3, 0.4) is 0 Å². The minimum absolute atomic E-state index is 0.101. The van der Waals surface area contributed by atoms with Crippen LogP contribution in [0.15, 0.2) is 42.5 Å². The van der Waals surface area contributed by atoms with E-state index < -0.39 is 0 Å². The van der Waals surface area contributed by atoms with Gasteiger partial charge in [-0.2, -0.15) is 0 Å². The van der Waals surface area contributed by atoms with Gasteiger partial charge >= 0.3 is 0 Å². The quantitative estimate of drug-likeness (QED) is 0.852. The number of amides is 1. The number of para-hydroxylation sites is 1. The first-order valence-electron chi connectivity index (χ1n) is 7.31. The number of rotatable bonds is 4. The van der Waals surface area contributed by atoms with E-state index in [9.17, 15) is 4.79 Å². The molecule has 3 rings (SSSR count). The van der Waals surface area contributed by atoms with E-state index in [1.165, 1.54) is 0 Å². The molecule has 0 saturated heterocycles. The van der Waals surface area contributed by atoms with E-state index in [1.54, 1.807) is 0 Å². The summed E-state index contributed by atoms with van der Waals surface area (Å²) in [6.45, 7) is 2.98. The highest BCUT2D eigenvalue weighted by Crippen LogP contribution is 2.35. The third-order valence-corrected chi connectivity index (χ3v) is 3.62. The van der Waals surface area contributed by atoms with Crippen LogP contribution in [-0.2, 0) is 11.3 Å². The van der Waals surface area contributed by atoms with Gasteiger partial charge in [0.2, 0.25) is 0 Å². The Balaban J connectivity index is 2.05. The van der Waals surface area contributed by atoms with Crippen LogP contribution in [0.25, 0.3) is 11.6 Å². The molecule has 0 radical (unpaired) electrons. The molecule has 0 aromatic heterocycles. The minimum Gasteiger partial charge on any atom is -0.493 e. The summed E-state index contributed by atoms with van der Waals surface area (Å²) in [5, 5.41) is 2.89. The molecule has 0 fully saturated rings. The first kappa shape index (κ1) is 14.4. The summed E-state index contributed by atoms with van der Waals surface area (Å²) in [7, 11) is 0. The molecule has 0 bridgehead atoms. The largest absolute Gasteiger partial charge is 0.493 e. The van der Waals surface area contributed by atoms with E-state index in [-0.39, 0.29) is 5.91 Å². The van der Waals surface area contributed by atoms with Crippen LogP contribution < -0.4 is 15.8 Å². The van der Waals surface area contributed by atoms with Gasteiger partial charge in [-0.05, 0) is 30.7 Å². The standard InChI is InChI=1S/C18H18N2O2/c1-2-22-17-6-4-3-5-13(17)10-15-14-8-7-12(11-19)9-16(14)20-18(15)21/h3-10H,2,11,19H2,1H3,(H,20,21)/b15-10+. The molecule has 2 aromatic carbocycles. The van der Waals surface area contributed by atoms with Crippen molar-refractivity contribution in [2.75, 3.05) is 11.9 Å². The maximum Gasteiger partial charge on any atom is 0.256 e. The summed E-state index contributed by atoms with van der Waals surface area (Å²) in [6.07, 6.45) is 1.87. The Morgan fingerprint density at radius 1 is 1.23 bits per heavy atom. The second kappa shape index (κ2) is 6.03. The van der Waals surface area contributed by atoms with E-state index in [2.05, 4.69) is 5.32 Å². The van der Waals surface area contributed by atoms with Gasteiger partial charge in [0.1, 0.15) is 5.75 Å². The molecule has 0 atom stereocenters. The van der Waals surface area contributed by atoms with E-state index >= 15 is 0 Å². The highest BCUT2D eigenvalue weighted by atomic mass is 16.5. The van der Waals surface area contributed by atoms with Crippen molar-refractivity contribution in [3.63, 3.8) is 0 Å². The fraction of sp³-hybridized carbons (Fsp3) is 0.167. The molecule has 0 unspecified atom stereocenters. The van der Waals surface area contributed by atoms with Crippen LogP contribution in [-0.4, -0.2) is 12.5 Å². The number of carbonyl (C=O) groups is 1. The Labute approximate surface area is 129 Å². The first-order valence-corrected chi connectivity index (χ1v) is 7.31. The van der Waals surface area contributed by atoms with Gasteiger partial charge in [0.05, 0.1) is 6.61 Å². The normalized spacial score (nSPS) is 14.8. The molecule has 1 aliphatic rings. The maximum absolute atomic E-state index is 12.3. The van der Waals surface area contributed by atoms with Crippen molar-refractivity contribution < 1.29 is 9.53 Å². The SMILES string of the molecule is CCOc1ccccc1/C=C1/C(=O)Nc2cc(CN)ccc21. The van der Waals surface area contributed by atoms with E-state index in [1.807, 2.05) is 55.5 Å². The van der Waals surface area contributed by atoms with Crippen molar-refractivity contribution in [1.82, 2.24) is 0 Å². The Hall–Kier alpha value is -2.59. The summed E-state index contributed by atoms with van der Waals surface area (Å²) in [5.74, 6) is 0.674. The zero-order valence-corrected chi connectivity index (χ0v) is 12.4. The highest BCUT2D eigenvalue weighted by molar-refractivity contribution is 6.35. The predicted octanol–water partition coefficient (Wildman–Crippen LogP) is 3.04. The highest BCUT2D eigenvalue weighted by Gasteiger charge is 2.24. The van der Waals surface area contributed by atoms with Gasteiger partial charge in [0, 0.05) is 28.9 Å². The summed E-state index contributed by atoms with van der Waals surface area (Å²) in [5.41, 5.74) is 9.89. The molecule has 0 aliphatic carbocycles. The first-order chi connectivity index (χ1) is 10.7. The van der Waals surface area contributed by atoms with Crippen molar-refractivity contribution in [3.8, 4) is 5.75 Å². The van der Waals surface area contributed by atoms with E-state index in [0.717, 1.165) is 28.1 Å². The van der Waals surface area contributed by atoms with Crippen LogP contribution in [0.4, 0.5) is 5.69 Å². The van der Waals surface area contributed by atoms with Gasteiger partial charge in [-0.1, -0.05) is 30.3 Å². The lowest BCUT2D eigenvalue weighted by Gasteiger charge is -2.07. The van der Waals surface area contributed by atoms with Crippen LogP contribution in [0, 0.1) is 0 Å². The third-order valence-electron chi connectivity index (χ3n) is 3.62. The summed E-state index contributed by atoms with van der Waals surface area (Å²) >= 11 is 0. The van der Waals surface area contributed by atoms with Crippen molar-refractivity contribution in [1.29, 1.82) is 0 Å². The fourth-order valence-corrected chi connectivity index (χ4v) is 2.55. The summed E-state index contributed by atoms with van der Waals surface area (Å²) in [4.78, 5) is 12.3. The predicted molar refractivity (Wildman–Crippen MR) is 88.4 cm³/mol. The Morgan fingerprint density at radius 3 is 2.82 bits per heavy atom. The molecular weight excluding hydrogens is 276 g/mol. The average molecular weight is 294 g/mol. The third kappa shape index (κ3) is 2.61. The molecule has 1 heterocycles. The zero-order valence-electron chi connectivity index (χ0n) is 12.4. The summed E-state index contributed by atoms with van der Waals surface area (Å²) < 4.78 is 5.61. The van der Waals surface area contributed by atoms with Gasteiger partial charge in [-0.3, -0.25) is 4.79 Å². The Bertz CT molecular complexity index is 751. The van der Waals surface area contributed by atoms with Crippen LogP contribution in [0.5, 0.6) is 5.75 Å². The van der Waals surface area contributed by atoms with Crippen LogP contribution in [0.2, 0.25) is 0 Å². The number of nitrogens with one attached hydrogen (secondary N) is 1. The fourth-order valence-electron chi connectivity index (χ4n) is 2.55. The maximum atomic E-state index is 12.3. The molecule has 22 heavy (non-hydrogen) atoms. The lowest BCUT2D eigenvalue weighted by Crippen LogP contribution is -2.04. The smallest absolute Gasteiger partial charge is 0.256 e. The number of hydrogen-bond acceptors (Lipinski definition) is 3. The van der Waals surface area contributed by atoms with Crippen molar-refractivity contribution in [3.05, 3.63) is 59.2 Å². The molecule has 0 saturated carbocycles. The molecule has 1 aliphatic heterocycles. The van der Waals surface area contributed by atoms with E-state index in [4.69, 9.17) is 10.5 Å². The molecule has 2 aromatic rings. The summed E-state index contributed by atoms with van der Waals surface area (Å²) in [6, 6.07) is 13.5. The number of anilines is 1. The molecule has 112 valence electrons. The van der Waals surface area contributed by atoms with Crippen molar-refractivity contribution >= 4 is 23.2 Å². The van der Waals surface area contributed by atoms with Crippen LogP contribution >= 0.6 is 0 Å². The van der Waals surface area contributed by atoms with Gasteiger partial charge in [0.15, 0.2) is 0 Å². The van der Waals surface area contributed by atoms with Gasteiger partial charge in [-0.25, -0.2) is 0 Å². The van der Waals surface area contributed by atoms with Crippen molar-refractivity contribution in [2.45, 2.75) is 13.5 Å². The Kier molecular flexibility index (Phi) is 3.94. The van der Waals surface area contributed by atoms with Gasteiger partial charge in [-0.15, -0.1) is 0 Å². The molecule has 0 spiro atoms. The van der Waals surface area contributed by atoms with E-state index in [0.29, 0.717) is 18.7 Å². The topological polar surface area (TPSA) is 64.3 Å². The minimum atomic E-state index is -0.101. The second-order valence-corrected chi connectivity index (χ2v) is 5.07. The lowest BCUT2D eigenvalue weighted by atomic mass is 10.0. The number of hydrogen-bond donors (Lipinski definition) is 2. The Morgan fingerprint density at radius 2 is 2.05 bits per heavy atom. The number of ether oxygens (including phenoxy) is 1. The number of carbonyl (C=O) groups excluding carboxylic acids is 1.